The lowest BCUT2D eigenvalue weighted by atomic mass is 10.00. The smallest absolute Gasteiger partial charge is 0.306 e. The van der Waals surface area contributed by atoms with Crippen LogP contribution in [0.3, 0.4) is 0 Å². The minimum Gasteiger partial charge on any atom is -0.496 e. The maximum atomic E-state index is 10.9. The molecular weight excluding hydrogens is 236 g/mol. The van der Waals surface area contributed by atoms with E-state index in [-0.39, 0.29) is 0 Å². The third kappa shape index (κ3) is 3.06. The molecule has 0 aromatic heterocycles. The summed E-state index contributed by atoms with van der Waals surface area (Å²) in [5.74, 6) is 0.386. The molecule has 0 fully saturated rings. The van der Waals surface area contributed by atoms with Gasteiger partial charge in [-0.3, -0.25) is 4.79 Å². The Morgan fingerprint density at radius 1 is 1.11 bits per heavy atom. The first-order valence-electron chi connectivity index (χ1n) is 5.55. The second kappa shape index (κ2) is 6.14. The van der Waals surface area contributed by atoms with E-state index in [4.69, 9.17) is 19.3 Å². The van der Waals surface area contributed by atoms with Crippen molar-refractivity contribution < 1.29 is 24.1 Å². The number of benzene rings is 1. The second-order valence-corrected chi connectivity index (χ2v) is 3.96. The zero-order valence-corrected chi connectivity index (χ0v) is 11.0. The van der Waals surface area contributed by atoms with Crippen LogP contribution in [-0.2, 0) is 11.2 Å². The molecule has 1 rings (SSSR count). The molecule has 5 heteroatoms. The van der Waals surface area contributed by atoms with Gasteiger partial charge in [-0.2, -0.15) is 0 Å². The predicted octanol–water partition coefficient (Wildman–Crippen LogP) is 1.98. The van der Waals surface area contributed by atoms with Gasteiger partial charge in [0.1, 0.15) is 5.75 Å². The van der Waals surface area contributed by atoms with Gasteiger partial charge in [0, 0.05) is 6.07 Å². The van der Waals surface area contributed by atoms with Crippen molar-refractivity contribution in [3.63, 3.8) is 0 Å². The van der Waals surface area contributed by atoms with E-state index in [1.807, 2.05) is 0 Å². The van der Waals surface area contributed by atoms with E-state index in [2.05, 4.69) is 0 Å². The number of carboxylic acids is 1. The number of carboxylic acid groups (broad SMARTS) is 1. The van der Waals surface area contributed by atoms with Gasteiger partial charge in [0.25, 0.3) is 0 Å². The molecule has 0 bridgehead atoms. The first kappa shape index (κ1) is 14.2. The Kier molecular flexibility index (Phi) is 4.83. The van der Waals surface area contributed by atoms with E-state index in [1.165, 1.54) is 21.3 Å². The van der Waals surface area contributed by atoms with Crippen LogP contribution in [0.15, 0.2) is 12.1 Å². The van der Waals surface area contributed by atoms with Gasteiger partial charge in [0.15, 0.2) is 11.5 Å². The number of rotatable bonds is 6. The fraction of sp³-hybridized carbons (Fsp3) is 0.462. The Morgan fingerprint density at radius 2 is 1.61 bits per heavy atom. The van der Waals surface area contributed by atoms with E-state index >= 15 is 0 Å². The Labute approximate surface area is 106 Å². The average molecular weight is 254 g/mol. The quantitative estimate of drug-likeness (QED) is 0.840. The first-order valence-corrected chi connectivity index (χ1v) is 5.55. The standard InChI is InChI=1S/C13H18O5/c1-8(13(14)15)5-9-6-11(17-3)12(18-4)7-10(9)16-2/h6-8H,5H2,1-4H3,(H,14,15). The van der Waals surface area contributed by atoms with Crippen molar-refractivity contribution >= 4 is 5.97 Å². The third-order valence-electron chi connectivity index (χ3n) is 2.73. The molecule has 0 aliphatic carbocycles. The van der Waals surface area contributed by atoms with Gasteiger partial charge >= 0.3 is 5.97 Å². The second-order valence-electron chi connectivity index (χ2n) is 3.96. The number of hydrogen-bond donors (Lipinski definition) is 1. The largest absolute Gasteiger partial charge is 0.496 e. The Bertz CT molecular complexity index is 428. The van der Waals surface area contributed by atoms with Crippen LogP contribution < -0.4 is 14.2 Å². The van der Waals surface area contributed by atoms with Crippen LogP contribution in [0.5, 0.6) is 17.2 Å². The summed E-state index contributed by atoms with van der Waals surface area (Å²) in [7, 11) is 4.61. The highest BCUT2D eigenvalue weighted by molar-refractivity contribution is 5.70. The summed E-state index contributed by atoms with van der Waals surface area (Å²) in [6, 6.07) is 3.44. The number of methoxy groups -OCH3 is 3. The number of carbonyl (C=O) groups is 1. The van der Waals surface area contributed by atoms with Crippen molar-refractivity contribution in [2.45, 2.75) is 13.3 Å². The molecule has 1 N–H and O–H groups in total. The zero-order chi connectivity index (χ0) is 13.7. The van der Waals surface area contributed by atoms with Crippen molar-refractivity contribution in [3.05, 3.63) is 17.7 Å². The summed E-state index contributed by atoms with van der Waals surface area (Å²) < 4.78 is 15.6. The summed E-state index contributed by atoms with van der Waals surface area (Å²) in [6.07, 6.45) is 0.374. The number of hydrogen-bond acceptors (Lipinski definition) is 4. The van der Waals surface area contributed by atoms with E-state index in [0.717, 1.165) is 5.56 Å². The highest BCUT2D eigenvalue weighted by atomic mass is 16.5. The van der Waals surface area contributed by atoms with Gasteiger partial charge in [-0.05, 0) is 18.1 Å². The van der Waals surface area contributed by atoms with Crippen molar-refractivity contribution in [1.82, 2.24) is 0 Å². The summed E-state index contributed by atoms with van der Waals surface area (Å²) in [5.41, 5.74) is 0.782. The molecule has 1 atom stereocenters. The van der Waals surface area contributed by atoms with Crippen LogP contribution in [0, 0.1) is 5.92 Å². The maximum Gasteiger partial charge on any atom is 0.306 e. The Hall–Kier alpha value is -1.91. The molecule has 1 aromatic rings. The summed E-state index contributed by atoms with van der Waals surface area (Å²) in [5, 5.41) is 8.94. The molecule has 0 radical (unpaired) electrons. The van der Waals surface area contributed by atoms with Gasteiger partial charge in [0.05, 0.1) is 27.2 Å². The van der Waals surface area contributed by atoms with Gasteiger partial charge in [-0.1, -0.05) is 6.92 Å². The zero-order valence-electron chi connectivity index (χ0n) is 11.0. The van der Waals surface area contributed by atoms with Crippen molar-refractivity contribution in [1.29, 1.82) is 0 Å². The van der Waals surface area contributed by atoms with Crippen LogP contribution >= 0.6 is 0 Å². The van der Waals surface area contributed by atoms with Crippen molar-refractivity contribution in [2.75, 3.05) is 21.3 Å². The molecule has 1 unspecified atom stereocenters. The lowest BCUT2D eigenvalue weighted by molar-refractivity contribution is -0.141. The van der Waals surface area contributed by atoms with Crippen LogP contribution in [0.2, 0.25) is 0 Å². The molecule has 5 nitrogen and oxygen atoms in total. The Morgan fingerprint density at radius 3 is 2.06 bits per heavy atom. The van der Waals surface area contributed by atoms with Gasteiger partial charge in [0.2, 0.25) is 0 Å². The molecule has 18 heavy (non-hydrogen) atoms. The van der Waals surface area contributed by atoms with Crippen LogP contribution in [0.25, 0.3) is 0 Å². The molecule has 0 aliphatic rings. The van der Waals surface area contributed by atoms with Crippen LogP contribution in [0.4, 0.5) is 0 Å². The molecule has 0 heterocycles. The van der Waals surface area contributed by atoms with Crippen molar-refractivity contribution in [3.8, 4) is 17.2 Å². The first-order chi connectivity index (χ1) is 8.53. The summed E-state index contributed by atoms with van der Waals surface area (Å²) in [6.45, 7) is 1.65. The minimum absolute atomic E-state index is 0.374. The van der Waals surface area contributed by atoms with Crippen LogP contribution in [0.1, 0.15) is 12.5 Å². The van der Waals surface area contributed by atoms with Gasteiger partial charge in [-0.25, -0.2) is 0 Å². The number of aliphatic carboxylic acids is 1. The maximum absolute atomic E-state index is 10.9. The normalized spacial score (nSPS) is 11.8. The van der Waals surface area contributed by atoms with Crippen molar-refractivity contribution in [2.24, 2.45) is 5.92 Å². The molecule has 0 aliphatic heterocycles. The molecule has 0 amide bonds. The molecule has 0 saturated carbocycles. The lowest BCUT2D eigenvalue weighted by Gasteiger charge is -2.15. The van der Waals surface area contributed by atoms with Gasteiger partial charge < -0.3 is 19.3 Å². The summed E-state index contributed by atoms with van der Waals surface area (Å²) in [4.78, 5) is 10.9. The SMILES string of the molecule is COc1cc(OC)c(OC)cc1CC(C)C(=O)O. The minimum atomic E-state index is -0.841. The highest BCUT2D eigenvalue weighted by Gasteiger charge is 2.17. The van der Waals surface area contributed by atoms with E-state index < -0.39 is 11.9 Å². The summed E-state index contributed by atoms with van der Waals surface area (Å²) >= 11 is 0. The molecule has 0 saturated heterocycles. The van der Waals surface area contributed by atoms with E-state index in [9.17, 15) is 4.79 Å². The average Bonchev–Trinajstić information content (AvgIpc) is 2.37. The molecule has 1 aromatic carbocycles. The van der Waals surface area contributed by atoms with Gasteiger partial charge in [-0.15, -0.1) is 0 Å². The molecule has 100 valence electrons. The third-order valence-corrected chi connectivity index (χ3v) is 2.73. The predicted molar refractivity (Wildman–Crippen MR) is 66.6 cm³/mol. The fourth-order valence-corrected chi connectivity index (χ4v) is 1.67. The molecular formula is C13H18O5. The van der Waals surface area contributed by atoms with Crippen LogP contribution in [-0.4, -0.2) is 32.4 Å². The monoisotopic (exact) mass is 254 g/mol. The number of ether oxygens (including phenoxy) is 3. The fourth-order valence-electron chi connectivity index (χ4n) is 1.67. The molecule has 0 spiro atoms. The van der Waals surface area contributed by atoms with E-state index in [1.54, 1.807) is 19.1 Å². The lowest BCUT2D eigenvalue weighted by Crippen LogP contribution is -2.13. The highest BCUT2D eigenvalue weighted by Crippen LogP contribution is 2.35. The van der Waals surface area contributed by atoms with E-state index in [0.29, 0.717) is 23.7 Å². The topological polar surface area (TPSA) is 65.0 Å². The Balaban J connectivity index is 3.13.